The summed E-state index contributed by atoms with van der Waals surface area (Å²) in [7, 11) is 0. The molecule has 0 aliphatic carbocycles. The fourth-order valence-electron chi connectivity index (χ4n) is 3.70. The maximum atomic E-state index is 12.0. The lowest BCUT2D eigenvalue weighted by atomic mass is 9.99. The number of primary amides is 1. The number of benzene rings is 1. The molecule has 0 bridgehead atoms. The van der Waals surface area contributed by atoms with Crippen molar-refractivity contribution in [3.8, 4) is 0 Å². The number of piperazine rings is 1. The molecule has 1 atom stereocenters. The Labute approximate surface area is 148 Å². The lowest BCUT2D eigenvalue weighted by molar-refractivity contribution is -0.124. The van der Waals surface area contributed by atoms with Gasteiger partial charge in [-0.15, -0.1) is 0 Å². The average Bonchev–Trinajstić information content (AvgIpc) is 2.59. The van der Waals surface area contributed by atoms with E-state index in [2.05, 4.69) is 9.80 Å². The number of rotatable bonds is 5. The van der Waals surface area contributed by atoms with Crippen LogP contribution in [0.1, 0.15) is 24.4 Å². The highest BCUT2D eigenvalue weighted by Gasteiger charge is 2.29. The summed E-state index contributed by atoms with van der Waals surface area (Å²) in [5.41, 5.74) is 6.60. The predicted molar refractivity (Wildman–Crippen MR) is 94.9 cm³/mol. The lowest BCUT2D eigenvalue weighted by Crippen LogP contribution is -2.51. The van der Waals surface area contributed by atoms with Crippen LogP contribution >= 0.6 is 11.6 Å². The molecule has 2 aliphatic rings. The zero-order valence-corrected chi connectivity index (χ0v) is 14.8. The van der Waals surface area contributed by atoms with Crippen molar-refractivity contribution in [2.24, 2.45) is 11.7 Å². The zero-order valence-electron chi connectivity index (χ0n) is 14.0. The van der Waals surface area contributed by atoms with Gasteiger partial charge in [0.2, 0.25) is 5.91 Å². The van der Waals surface area contributed by atoms with Crippen LogP contribution in [0, 0.1) is 5.92 Å². The topological polar surface area (TPSA) is 58.8 Å². The van der Waals surface area contributed by atoms with E-state index in [0.29, 0.717) is 5.02 Å². The minimum atomic E-state index is -0.368. The average molecular weight is 352 g/mol. The van der Waals surface area contributed by atoms with Crippen molar-refractivity contribution in [2.45, 2.75) is 18.9 Å². The van der Waals surface area contributed by atoms with E-state index in [9.17, 15) is 4.79 Å². The van der Waals surface area contributed by atoms with Gasteiger partial charge in [0.25, 0.3) is 0 Å². The second kappa shape index (κ2) is 8.30. The molecule has 24 heavy (non-hydrogen) atoms. The van der Waals surface area contributed by atoms with Gasteiger partial charge < -0.3 is 15.4 Å². The predicted octanol–water partition coefficient (Wildman–Crippen LogP) is 1.91. The summed E-state index contributed by atoms with van der Waals surface area (Å²) in [6, 6.07) is 7.05. The van der Waals surface area contributed by atoms with Crippen LogP contribution < -0.4 is 5.73 Å². The molecule has 2 saturated heterocycles. The van der Waals surface area contributed by atoms with E-state index >= 15 is 0 Å². The third kappa shape index (κ3) is 4.48. The van der Waals surface area contributed by atoms with Crippen LogP contribution in [0.3, 0.4) is 0 Å². The molecule has 132 valence electrons. The number of carbonyl (C=O) groups is 1. The SMILES string of the molecule is NC(=O)C(c1ccc(Cl)cc1)N1CCN(CC2CCOCC2)CC1. The van der Waals surface area contributed by atoms with Gasteiger partial charge in [-0.05, 0) is 36.5 Å². The number of ether oxygens (including phenoxy) is 1. The van der Waals surface area contributed by atoms with Gasteiger partial charge in [-0.3, -0.25) is 9.69 Å². The highest BCUT2D eigenvalue weighted by Crippen LogP contribution is 2.24. The zero-order chi connectivity index (χ0) is 16.9. The molecular weight excluding hydrogens is 326 g/mol. The van der Waals surface area contributed by atoms with E-state index in [1.165, 1.54) is 0 Å². The Hall–Kier alpha value is -1.14. The molecule has 1 aromatic rings. The van der Waals surface area contributed by atoms with E-state index in [0.717, 1.165) is 70.3 Å². The van der Waals surface area contributed by atoms with Gasteiger partial charge in [0.1, 0.15) is 6.04 Å². The number of hydrogen-bond acceptors (Lipinski definition) is 4. The normalized spacial score (nSPS) is 22.4. The molecule has 2 fully saturated rings. The largest absolute Gasteiger partial charge is 0.381 e. The fraction of sp³-hybridized carbons (Fsp3) is 0.611. The van der Waals surface area contributed by atoms with Crippen LogP contribution in [0.2, 0.25) is 5.02 Å². The maximum absolute atomic E-state index is 12.0. The van der Waals surface area contributed by atoms with Gasteiger partial charge >= 0.3 is 0 Å². The molecule has 0 radical (unpaired) electrons. The van der Waals surface area contributed by atoms with Crippen LogP contribution in [0.5, 0.6) is 0 Å². The number of halogens is 1. The van der Waals surface area contributed by atoms with Crippen LogP contribution in [0.4, 0.5) is 0 Å². The van der Waals surface area contributed by atoms with E-state index < -0.39 is 0 Å². The van der Waals surface area contributed by atoms with Crippen molar-refractivity contribution in [3.63, 3.8) is 0 Å². The molecule has 1 amide bonds. The monoisotopic (exact) mass is 351 g/mol. The van der Waals surface area contributed by atoms with Gasteiger partial charge in [0, 0.05) is 51.0 Å². The number of nitrogens with two attached hydrogens (primary N) is 1. The summed E-state index contributed by atoms with van der Waals surface area (Å²) < 4.78 is 5.43. The number of amides is 1. The van der Waals surface area contributed by atoms with E-state index in [-0.39, 0.29) is 11.9 Å². The van der Waals surface area contributed by atoms with Gasteiger partial charge in [-0.1, -0.05) is 23.7 Å². The fourth-order valence-corrected chi connectivity index (χ4v) is 3.82. The molecule has 1 unspecified atom stereocenters. The third-order valence-electron chi connectivity index (χ3n) is 5.08. The van der Waals surface area contributed by atoms with Crippen molar-refractivity contribution >= 4 is 17.5 Å². The lowest BCUT2D eigenvalue weighted by Gasteiger charge is -2.39. The Morgan fingerprint density at radius 3 is 2.38 bits per heavy atom. The first-order chi connectivity index (χ1) is 11.6. The quantitative estimate of drug-likeness (QED) is 0.880. The molecule has 0 aromatic heterocycles. The first-order valence-electron chi connectivity index (χ1n) is 8.72. The summed E-state index contributed by atoms with van der Waals surface area (Å²) in [6.45, 7) is 6.61. The highest BCUT2D eigenvalue weighted by atomic mass is 35.5. The summed E-state index contributed by atoms with van der Waals surface area (Å²) in [4.78, 5) is 16.7. The van der Waals surface area contributed by atoms with Crippen LogP contribution in [0.25, 0.3) is 0 Å². The Morgan fingerprint density at radius 2 is 1.79 bits per heavy atom. The van der Waals surface area contributed by atoms with Gasteiger partial charge in [-0.2, -0.15) is 0 Å². The second-order valence-corrected chi connectivity index (χ2v) is 7.19. The smallest absolute Gasteiger partial charge is 0.239 e. The minimum absolute atomic E-state index is 0.296. The molecule has 3 rings (SSSR count). The van der Waals surface area contributed by atoms with Crippen LogP contribution in [-0.2, 0) is 9.53 Å². The summed E-state index contributed by atoms with van der Waals surface area (Å²) >= 11 is 5.95. The number of hydrogen-bond donors (Lipinski definition) is 1. The van der Waals surface area contributed by atoms with Crippen LogP contribution in [0.15, 0.2) is 24.3 Å². The van der Waals surface area contributed by atoms with E-state index in [4.69, 9.17) is 22.1 Å². The molecule has 5 nitrogen and oxygen atoms in total. The molecule has 2 heterocycles. The molecule has 6 heteroatoms. The maximum Gasteiger partial charge on any atom is 0.239 e. The summed E-state index contributed by atoms with van der Waals surface area (Å²) in [6.07, 6.45) is 2.32. The Bertz CT molecular complexity index is 538. The van der Waals surface area contributed by atoms with Crippen molar-refractivity contribution in [1.29, 1.82) is 0 Å². The Balaban J connectivity index is 1.57. The molecule has 0 saturated carbocycles. The van der Waals surface area contributed by atoms with Gasteiger partial charge in [0.15, 0.2) is 0 Å². The third-order valence-corrected chi connectivity index (χ3v) is 5.34. The number of carbonyl (C=O) groups excluding carboxylic acids is 1. The van der Waals surface area contributed by atoms with E-state index in [1.54, 1.807) is 0 Å². The van der Waals surface area contributed by atoms with E-state index in [1.807, 2.05) is 24.3 Å². The molecule has 2 N–H and O–H groups in total. The molecule has 2 aliphatic heterocycles. The Morgan fingerprint density at radius 1 is 1.17 bits per heavy atom. The van der Waals surface area contributed by atoms with Gasteiger partial charge in [0.05, 0.1) is 0 Å². The molecular formula is C18H26ClN3O2. The van der Waals surface area contributed by atoms with Crippen molar-refractivity contribution < 1.29 is 9.53 Å². The van der Waals surface area contributed by atoms with Crippen molar-refractivity contribution in [2.75, 3.05) is 45.9 Å². The molecule has 0 spiro atoms. The highest BCUT2D eigenvalue weighted by molar-refractivity contribution is 6.30. The molecule has 1 aromatic carbocycles. The first-order valence-corrected chi connectivity index (χ1v) is 9.10. The number of nitrogens with zero attached hydrogens (tertiary/aromatic N) is 2. The standard InChI is InChI=1S/C18H26ClN3O2/c19-16-3-1-15(2-4-16)17(18(20)23)22-9-7-21(8-10-22)13-14-5-11-24-12-6-14/h1-4,14,17H,5-13H2,(H2,20,23). The summed E-state index contributed by atoms with van der Waals surface area (Å²) in [5, 5.41) is 0.670. The Kier molecular flexibility index (Phi) is 6.11. The van der Waals surface area contributed by atoms with Crippen LogP contribution in [-0.4, -0.2) is 61.6 Å². The van der Waals surface area contributed by atoms with Gasteiger partial charge in [-0.25, -0.2) is 0 Å². The second-order valence-electron chi connectivity index (χ2n) is 6.75. The summed E-state index contributed by atoms with van der Waals surface area (Å²) in [5.74, 6) is 0.448. The van der Waals surface area contributed by atoms with Crippen molar-refractivity contribution in [1.82, 2.24) is 9.80 Å². The van der Waals surface area contributed by atoms with Crippen molar-refractivity contribution in [3.05, 3.63) is 34.9 Å². The minimum Gasteiger partial charge on any atom is -0.381 e. The first kappa shape index (κ1) is 17.7.